The minimum absolute atomic E-state index is 0.0272. The van der Waals surface area contributed by atoms with E-state index in [0.29, 0.717) is 24.2 Å². The standard InChI is InChI=1S/C25H30N4O3/c1-26-21-17-18(10-11-19(21)25(31)29-12-6-5-9-23(26)29)24(30)28-15-13-27(14-16-28)20-7-3-4-8-22(20)32-2/h3-4,7-8,10-11,17,23H,5-6,9,12-16H2,1-2H3/t23-/m0/s1. The molecular formula is C25H30N4O3. The van der Waals surface area contributed by atoms with Gasteiger partial charge in [0.2, 0.25) is 0 Å². The first-order valence-electron chi connectivity index (χ1n) is 11.4. The second kappa shape index (κ2) is 8.37. The minimum Gasteiger partial charge on any atom is -0.495 e. The third kappa shape index (κ3) is 3.45. The van der Waals surface area contributed by atoms with Crippen molar-refractivity contribution in [3.63, 3.8) is 0 Å². The molecule has 168 valence electrons. The fourth-order valence-corrected chi connectivity index (χ4v) is 5.23. The normalized spacial score (nSPS) is 20.7. The number of benzene rings is 2. The van der Waals surface area contributed by atoms with Gasteiger partial charge in [-0.2, -0.15) is 0 Å². The Kier molecular flexibility index (Phi) is 5.41. The molecule has 2 aromatic rings. The van der Waals surface area contributed by atoms with Crippen LogP contribution < -0.4 is 14.5 Å². The van der Waals surface area contributed by atoms with Gasteiger partial charge < -0.3 is 24.3 Å². The minimum atomic E-state index is 0.0272. The van der Waals surface area contributed by atoms with Crippen molar-refractivity contribution in [2.75, 3.05) is 56.7 Å². The maximum atomic E-state index is 13.3. The van der Waals surface area contributed by atoms with Crippen molar-refractivity contribution in [3.8, 4) is 5.75 Å². The average molecular weight is 435 g/mol. The summed E-state index contributed by atoms with van der Waals surface area (Å²) in [5.41, 5.74) is 3.28. The molecule has 5 rings (SSSR count). The summed E-state index contributed by atoms with van der Waals surface area (Å²) in [5, 5.41) is 0. The number of amides is 2. The number of carbonyl (C=O) groups excluding carboxylic acids is 2. The summed E-state index contributed by atoms with van der Waals surface area (Å²) in [6.07, 6.45) is 3.26. The molecule has 0 radical (unpaired) electrons. The number of rotatable bonds is 3. The van der Waals surface area contributed by atoms with E-state index in [0.717, 1.165) is 56.0 Å². The van der Waals surface area contributed by atoms with Crippen LogP contribution in [0.5, 0.6) is 5.75 Å². The number of methoxy groups -OCH3 is 1. The molecule has 0 N–H and O–H groups in total. The number of anilines is 2. The van der Waals surface area contributed by atoms with Gasteiger partial charge in [0.15, 0.2) is 0 Å². The van der Waals surface area contributed by atoms with Gasteiger partial charge in [-0.25, -0.2) is 0 Å². The lowest BCUT2D eigenvalue weighted by Gasteiger charge is -2.46. The summed E-state index contributed by atoms with van der Waals surface area (Å²) < 4.78 is 5.49. The van der Waals surface area contributed by atoms with E-state index < -0.39 is 0 Å². The van der Waals surface area contributed by atoms with E-state index in [4.69, 9.17) is 4.74 Å². The van der Waals surface area contributed by atoms with Crippen LogP contribution in [0, 0.1) is 0 Å². The SMILES string of the molecule is COc1ccccc1N1CCN(C(=O)c2ccc3c(c2)N(C)[C@@H]2CCCCN2C3=O)CC1. The van der Waals surface area contributed by atoms with Gasteiger partial charge in [-0.3, -0.25) is 9.59 Å². The maximum absolute atomic E-state index is 13.3. The van der Waals surface area contributed by atoms with Crippen LogP contribution in [0.25, 0.3) is 0 Å². The van der Waals surface area contributed by atoms with Crippen LogP contribution in [0.4, 0.5) is 11.4 Å². The van der Waals surface area contributed by atoms with E-state index in [-0.39, 0.29) is 18.0 Å². The molecule has 2 fully saturated rings. The number of piperazine rings is 1. The number of carbonyl (C=O) groups is 2. The first-order chi connectivity index (χ1) is 15.6. The first kappa shape index (κ1) is 20.7. The summed E-state index contributed by atoms with van der Waals surface area (Å²) >= 11 is 0. The van der Waals surface area contributed by atoms with Crippen molar-refractivity contribution in [1.29, 1.82) is 0 Å². The Hall–Kier alpha value is -3.22. The van der Waals surface area contributed by atoms with Gasteiger partial charge in [-0.15, -0.1) is 0 Å². The zero-order valence-corrected chi connectivity index (χ0v) is 18.8. The molecule has 2 aromatic carbocycles. The lowest BCUT2D eigenvalue weighted by atomic mass is 9.97. The number of fused-ring (bicyclic) bond motifs is 2. The first-order valence-corrected chi connectivity index (χ1v) is 11.4. The zero-order chi connectivity index (χ0) is 22.2. The van der Waals surface area contributed by atoms with E-state index in [2.05, 4.69) is 15.9 Å². The molecule has 3 heterocycles. The van der Waals surface area contributed by atoms with E-state index in [9.17, 15) is 9.59 Å². The maximum Gasteiger partial charge on any atom is 0.257 e. The summed E-state index contributed by atoms with van der Waals surface area (Å²) in [7, 11) is 3.72. The van der Waals surface area contributed by atoms with Gasteiger partial charge in [-0.05, 0) is 49.6 Å². The van der Waals surface area contributed by atoms with Crippen molar-refractivity contribution in [3.05, 3.63) is 53.6 Å². The van der Waals surface area contributed by atoms with Gasteiger partial charge in [-0.1, -0.05) is 12.1 Å². The van der Waals surface area contributed by atoms with Crippen molar-refractivity contribution < 1.29 is 14.3 Å². The van der Waals surface area contributed by atoms with Crippen LogP contribution in [0.3, 0.4) is 0 Å². The Morgan fingerprint density at radius 2 is 1.75 bits per heavy atom. The summed E-state index contributed by atoms with van der Waals surface area (Å²) in [6.45, 7) is 3.63. The number of piperidine rings is 1. The number of ether oxygens (including phenoxy) is 1. The predicted molar refractivity (Wildman–Crippen MR) is 125 cm³/mol. The predicted octanol–water partition coefficient (Wildman–Crippen LogP) is 3.06. The summed E-state index contributed by atoms with van der Waals surface area (Å²) in [5.74, 6) is 0.970. The van der Waals surface area contributed by atoms with Gasteiger partial charge in [0.05, 0.1) is 24.0 Å². The summed E-state index contributed by atoms with van der Waals surface area (Å²) in [4.78, 5) is 34.6. The van der Waals surface area contributed by atoms with Crippen molar-refractivity contribution in [1.82, 2.24) is 9.80 Å². The lowest BCUT2D eigenvalue weighted by Crippen LogP contribution is -2.56. The monoisotopic (exact) mass is 434 g/mol. The van der Waals surface area contributed by atoms with E-state index in [1.165, 1.54) is 0 Å². The van der Waals surface area contributed by atoms with Crippen LogP contribution in [0.15, 0.2) is 42.5 Å². The van der Waals surface area contributed by atoms with E-state index in [1.54, 1.807) is 7.11 Å². The molecule has 32 heavy (non-hydrogen) atoms. The summed E-state index contributed by atoms with van der Waals surface area (Å²) in [6, 6.07) is 13.5. The highest BCUT2D eigenvalue weighted by Gasteiger charge is 2.37. The van der Waals surface area contributed by atoms with Crippen molar-refractivity contribution in [2.24, 2.45) is 0 Å². The molecule has 1 atom stereocenters. The highest BCUT2D eigenvalue weighted by Crippen LogP contribution is 2.35. The lowest BCUT2D eigenvalue weighted by molar-refractivity contribution is 0.0588. The van der Waals surface area contributed by atoms with Crippen LogP contribution >= 0.6 is 0 Å². The van der Waals surface area contributed by atoms with Crippen LogP contribution in [0.2, 0.25) is 0 Å². The second-order valence-corrected chi connectivity index (χ2v) is 8.77. The Labute approximate surface area is 189 Å². The molecular weight excluding hydrogens is 404 g/mol. The van der Waals surface area contributed by atoms with Crippen molar-refractivity contribution >= 4 is 23.2 Å². The molecule has 0 spiro atoms. The van der Waals surface area contributed by atoms with Gasteiger partial charge in [0.25, 0.3) is 11.8 Å². The van der Waals surface area contributed by atoms with Crippen molar-refractivity contribution in [2.45, 2.75) is 25.4 Å². The van der Waals surface area contributed by atoms with Crippen LogP contribution in [0.1, 0.15) is 40.0 Å². The zero-order valence-electron chi connectivity index (χ0n) is 18.8. The van der Waals surface area contributed by atoms with Gasteiger partial charge >= 0.3 is 0 Å². The van der Waals surface area contributed by atoms with E-state index in [1.807, 2.05) is 53.2 Å². The van der Waals surface area contributed by atoms with Crippen LogP contribution in [-0.4, -0.2) is 74.7 Å². The van der Waals surface area contributed by atoms with Gasteiger partial charge in [0, 0.05) is 45.3 Å². The topological polar surface area (TPSA) is 56.3 Å². The smallest absolute Gasteiger partial charge is 0.257 e. The number of hydrogen-bond acceptors (Lipinski definition) is 5. The highest BCUT2D eigenvalue weighted by molar-refractivity contribution is 6.04. The fourth-order valence-electron chi connectivity index (χ4n) is 5.23. The highest BCUT2D eigenvalue weighted by atomic mass is 16.5. The molecule has 3 aliphatic heterocycles. The Bertz CT molecular complexity index is 1030. The molecule has 0 saturated carbocycles. The third-order valence-corrected chi connectivity index (χ3v) is 7.03. The Morgan fingerprint density at radius 1 is 0.969 bits per heavy atom. The van der Waals surface area contributed by atoms with Gasteiger partial charge in [0.1, 0.15) is 11.9 Å². The Morgan fingerprint density at radius 3 is 2.53 bits per heavy atom. The molecule has 0 bridgehead atoms. The number of hydrogen-bond donors (Lipinski definition) is 0. The molecule has 0 aromatic heterocycles. The molecule has 2 saturated heterocycles. The quantitative estimate of drug-likeness (QED) is 0.743. The van der Waals surface area contributed by atoms with Crippen LogP contribution in [-0.2, 0) is 0 Å². The second-order valence-electron chi connectivity index (χ2n) is 8.77. The molecule has 0 unspecified atom stereocenters. The molecule has 0 aliphatic carbocycles. The molecule has 3 aliphatic rings. The molecule has 2 amide bonds. The Balaban J connectivity index is 1.32. The molecule has 7 heteroatoms. The molecule has 7 nitrogen and oxygen atoms in total. The fraction of sp³-hybridized carbons (Fsp3) is 0.440. The number of para-hydroxylation sites is 2. The van der Waals surface area contributed by atoms with E-state index >= 15 is 0 Å². The average Bonchev–Trinajstić information content (AvgIpc) is 2.86. The number of nitrogens with zero attached hydrogens (tertiary/aromatic N) is 4. The third-order valence-electron chi connectivity index (χ3n) is 7.03. The largest absolute Gasteiger partial charge is 0.495 e.